The van der Waals surface area contributed by atoms with Gasteiger partial charge in [-0.25, -0.2) is 9.18 Å². The highest BCUT2D eigenvalue weighted by Gasteiger charge is 2.31. The van der Waals surface area contributed by atoms with Crippen molar-refractivity contribution in [3.8, 4) is 0 Å². The number of piperidine rings is 1. The van der Waals surface area contributed by atoms with Crippen LogP contribution >= 0.6 is 0 Å². The first-order chi connectivity index (χ1) is 10.1. The minimum absolute atomic E-state index is 0.0645. The lowest BCUT2D eigenvalue weighted by Gasteiger charge is -2.35. The second-order valence-corrected chi connectivity index (χ2v) is 5.43. The molecule has 0 aliphatic carbocycles. The predicted molar refractivity (Wildman–Crippen MR) is 77.6 cm³/mol. The van der Waals surface area contributed by atoms with E-state index < -0.39 is 6.10 Å². The maximum Gasteiger partial charge on any atom is 0.409 e. The van der Waals surface area contributed by atoms with Gasteiger partial charge in [-0.3, -0.25) is 0 Å². The number of unbranched alkanes of at least 4 members (excludes halogenated alkanes) is 1. The summed E-state index contributed by atoms with van der Waals surface area (Å²) in [7, 11) is 0. The topological polar surface area (TPSA) is 49.8 Å². The molecule has 5 heteroatoms. The Morgan fingerprint density at radius 3 is 2.76 bits per heavy atom. The normalized spacial score (nSPS) is 22.1. The van der Waals surface area contributed by atoms with E-state index in [1.54, 1.807) is 17.0 Å². The number of benzene rings is 1. The second-order valence-electron chi connectivity index (χ2n) is 5.43. The van der Waals surface area contributed by atoms with E-state index in [0.29, 0.717) is 19.6 Å². The van der Waals surface area contributed by atoms with Gasteiger partial charge in [0.25, 0.3) is 0 Å². The van der Waals surface area contributed by atoms with Crippen molar-refractivity contribution in [3.63, 3.8) is 0 Å². The molecule has 2 unspecified atom stereocenters. The molecular formula is C16H22FNO3. The third kappa shape index (κ3) is 4.17. The SMILES string of the molecule is CCCCOC(=O)N1CCC(c2ccc(F)cc2)C(O)C1. The molecule has 2 atom stereocenters. The molecule has 0 spiro atoms. The Bertz CT molecular complexity index is 463. The highest BCUT2D eigenvalue weighted by molar-refractivity contribution is 5.67. The third-order valence-electron chi connectivity index (χ3n) is 3.86. The molecule has 1 heterocycles. The lowest BCUT2D eigenvalue weighted by Crippen LogP contribution is -2.46. The van der Waals surface area contributed by atoms with Gasteiger partial charge in [0.15, 0.2) is 0 Å². The van der Waals surface area contributed by atoms with Crippen LogP contribution in [0.4, 0.5) is 9.18 Å². The van der Waals surface area contributed by atoms with Crippen LogP contribution in [0.1, 0.15) is 37.7 Å². The van der Waals surface area contributed by atoms with Gasteiger partial charge in [-0.15, -0.1) is 0 Å². The molecule has 4 nitrogen and oxygen atoms in total. The van der Waals surface area contributed by atoms with Crippen molar-refractivity contribution < 1.29 is 19.0 Å². The summed E-state index contributed by atoms with van der Waals surface area (Å²) in [6.07, 6.45) is 1.46. The van der Waals surface area contributed by atoms with Gasteiger partial charge in [0, 0.05) is 12.5 Å². The summed E-state index contributed by atoms with van der Waals surface area (Å²) in [6, 6.07) is 6.18. The summed E-state index contributed by atoms with van der Waals surface area (Å²) in [4.78, 5) is 13.4. The molecule has 1 fully saturated rings. The number of β-amino-alcohol motifs (C(OH)–C–C–N with tert-alkyl or cyclic N) is 1. The number of carbonyl (C=O) groups is 1. The Morgan fingerprint density at radius 2 is 2.14 bits per heavy atom. The van der Waals surface area contributed by atoms with E-state index in [-0.39, 0.29) is 24.4 Å². The van der Waals surface area contributed by atoms with Crippen molar-refractivity contribution in [1.82, 2.24) is 4.90 Å². The van der Waals surface area contributed by atoms with Crippen molar-refractivity contribution in [3.05, 3.63) is 35.6 Å². The van der Waals surface area contributed by atoms with Crippen molar-refractivity contribution in [2.45, 2.75) is 38.2 Å². The molecule has 2 rings (SSSR count). The van der Waals surface area contributed by atoms with E-state index in [2.05, 4.69) is 0 Å². The molecule has 0 aromatic heterocycles. The molecule has 1 aromatic carbocycles. The van der Waals surface area contributed by atoms with E-state index in [0.717, 1.165) is 18.4 Å². The number of aliphatic hydroxyl groups excluding tert-OH is 1. The summed E-state index contributed by atoms with van der Waals surface area (Å²) in [5.74, 6) is -0.351. The Morgan fingerprint density at radius 1 is 1.43 bits per heavy atom. The fourth-order valence-electron chi connectivity index (χ4n) is 2.59. The first-order valence-corrected chi connectivity index (χ1v) is 7.47. The van der Waals surface area contributed by atoms with Gasteiger partial charge in [0.2, 0.25) is 0 Å². The average Bonchev–Trinajstić information content (AvgIpc) is 2.48. The fourth-order valence-corrected chi connectivity index (χ4v) is 2.59. The lowest BCUT2D eigenvalue weighted by molar-refractivity contribution is 0.0365. The number of likely N-dealkylation sites (tertiary alicyclic amines) is 1. The first kappa shape index (κ1) is 15.8. The molecule has 1 saturated heterocycles. The smallest absolute Gasteiger partial charge is 0.409 e. The van der Waals surface area contributed by atoms with Gasteiger partial charge >= 0.3 is 6.09 Å². The highest BCUT2D eigenvalue weighted by Crippen LogP contribution is 2.28. The van der Waals surface area contributed by atoms with E-state index in [1.807, 2.05) is 6.92 Å². The predicted octanol–water partition coefficient (Wildman–Crippen LogP) is 2.91. The molecule has 1 aliphatic heterocycles. The Labute approximate surface area is 124 Å². The van der Waals surface area contributed by atoms with Crippen LogP contribution in [0.2, 0.25) is 0 Å². The van der Waals surface area contributed by atoms with Crippen molar-refractivity contribution in [1.29, 1.82) is 0 Å². The van der Waals surface area contributed by atoms with Gasteiger partial charge in [0.05, 0.1) is 19.3 Å². The zero-order chi connectivity index (χ0) is 15.2. The standard InChI is InChI=1S/C16H22FNO3/c1-2-3-10-21-16(20)18-9-8-14(15(19)11-18)12-4-6-13(17)7-5-12/h4-7,14-15,19H,2-3,8-11H2,1H3. The lowest BCUT2D eigenvalue weighted by atomic mass is 9.87. The van der Waals surface area contributed by atoms with Crippen LogP contribution in [0.15, 0.2) is 24.3 Å². The molecule has 21 heavy (non-hydrogen) atoms. The largest absolute Gasteiger partial charge is 0.449 e. The highest BCUT2D eigenvalue weighted by atomic mass is 19.1. The third-order valence-corrected chi connectivity index (χ3v) is 3.86. The van der Waals surface area contributed by atoms with E-state index in [9.17, 15) is 14.3 Å². The average molecular weight is 295 g/mol. The molecule has 0 radical (unpaired) electrons. The summed E-state index contributed by atoms with van der Waals surface area (Å²) in [5.41, 5.74) is 0.905. The monoisotopic (exact) mass is 295 g/mol. The number of carbonyl (C=O) groups excluding carboxylic acids is 1. The Hall–Kier alpha value is -1.62. The number of hydrogen-bond donors (Lipinski definition) is 1. The zero-order valence-corrected chi connectivity index (χ0v) is 12.3. The number of rotatable bonds is 4. The van der Waals surface area contributed by atoms with Gasteiger partial charge < -0.3 is 14.7 Å². The summed E-state index contributed by atoms with van der Waals surface area (Å²) < 4.78 is 18.1. The van der Waals surface area contributed by atoms with Gasteiger partial charge in [-0.1, -0.05) is 25.5 Å². The number of halogens is 1. The van der Waals surface area contributed by atoms with Crippen molar-refractivity contribution >= 4 is 6.09 Å². The van der Waals surface area contributed by atoms with Crippen LogP contribution in [0.3, 0.4) is 0 Å². The number of ether oxygens (including phenoxy) is 1. The van der Waals surface area contributed by atoms with Gasteiger partial charge in [-0.05, 0) is 30.5 Å². The fraction of sp³-hybridized carbons (Fsp3) is 0.562. The van der Waals surface area contributed by atoms with Crippen molar-refractivity contribution in [2.24, 2.45) is 0 Å². The van der Waals surface area contributed by atoms with Crippen LogP contribution in [0, 0.1) is 5.82 Å². The van der Waals surface area contributed by atoms with E-state index in [4.69, 9.17) is 4.74 Å². The van der Waals surface area contributed by atoms with Crippen LogP contribution in [0.25, 0.3) is 0 Å². The number of nitrogens with zero attached hydrogens (tertiary/aromatic N) is 1. The molecule has 116 valence electrons. The molecule has 1 aliphatic rings. The number of hydrogen-bond acceptors (Lipinski definition) is 3. The minimum atomic E-state index is -0.650. The maximum atomic E-state index is 12.9. The maximum absolute atomic E-state index is 12.9. The summed E-state index contributed by atoms with van der Waals surface area (Å²) in [6.45, 7) is 3.26. The quantitative estimate of drug-likeness (QED) is 0.869. The van der Waals surface area contributed by atoms with Crippen LogP contribution in [0.5, 0.6) is 0 Å². The van der Waals surface area contributed by atoms with E-state index >= 15 is 0 Å². The second kappa shape index (κ2) is 7.41. The first-order valence-electron chi connectivity index (χ1n) is 7.47. The molecule has 1 aromatic rings. The number of aliphatic hydroxyl groups is 1. The molecule has 0 bridgehead atoms. The van der Waals surface area contributed by atoms with Gasteiger partial charge in [0.1, 0.15) is 5.82 Å². The summed E-state index contributed by atoms with van der Waals surface area (Å²) >= 11 is 0. The molecular weight excluding hydrogens is 273 g/mol. The summed E-state index contributed by atoms with van der Waals surface area (Å²) in [5, 5.41) is 10.2. The van der Waals surface area contributed by atoms with E-state index in [1.165, 1.54) is 12.1 Å². The minimum Gasteiger partial charge on any atom is -0.449 e. The Kier molecular flexibility index (Phi) is 5.56. The Balaban J connectivity index is 1.89. The van der Waals surface area contributed by atoms with Crippen LogP contribution in [-0.4, -0.2) is 41.9 Å². The van der Waals surface area contributed by atoms with Crippen molar-refractivity contribution in [2.75, 3.05) is 19.7 Å². The van der Waals surface area contributed by atoms with Crippen LogP contribution < -0.4 is 0 Å². The molecule has 1 amide bonds. The zero-order valence-electron chi connectivity index (χ0n) is 12.3. The number of amides is 1. The van der Waals surface area contributed by atoms with Crippen LogP contribution in [-0.2, 0) is 4.74 Å². The molecule has 0 saturated carbocycles. The molecule has 1 N–H and O–H groups in total. The van der Waals surface area contributed by atoms with Gasteiger partial charge in [-0.2, -0.15) is 0 Å².